The molecule has 1 aromatic rings. The second-order valence-corrected chi connectivity index (χ2v) is 4.34. The maximum Gasteiger partial charge on any atom is 0.144 e. The molecule has 0 heterocycles. The Labute approximate surface area is 111 Å². The van der Waals surface area contributed by atoms with Gasteiger partial charge in [-0.1, -0.05) is 15.9 Å². The summed E-state index contributed by atoms with van der Waals surface area (Å²) in [6.45, 7) is 0. The van der Waals surface area contributed by atoms with Crippen LogP contribution in [0.5, 0.6) is 5.75 Å². The number of phenols is 1. The molecule has 0 aliphatic carbocycles. The molecule has 0 radical (unpaired) electrons. The first-order chi connectivity index (χ1) is 5.61. The lowest BCUT2D eigenvalue weighted by atomic mass is 10.3. The average molecular weight is 491 g/mol. The van der Waals surface area contributed by atoms with E-state index in [0.717, 1.165) is 4.47 Å². The van der Waals surface area contributed by atoms with Gasteiger partial charge < -0.3 is 5.11 Å². The van der Waals surface area contributed by atoms with Gasteiger partial charge in [-0.25, -0.2) is 0 Å². The zero-order valence-corrected chi connectivity index (χ0v) is 13.4. The van der Waals surface area contributed by atoms with Gasteiger partial charge in [0.25, 0.3) is 0 Å². The molecule has 0 unspecified atom stereocenters. The van der Waals surface area contributed by atoms with E-state index in [9.17, 15) is 5.11 Å². The SMILES string of the molecule is BrBr.Oc1c(Br)cc(Br)cc1Br. The lowest BCUT2D eigenvalue weighted by Crippen LogP contribution is -1.71. The fraction of sp³-hybridized carbons (Fsp3) is 0. The standard InChI is InChI=1S/C6H3Br3O.Br2/c7-3-1-4(8)6(10)5(9)2-3;1-2/h1-2,10H;. The minimum absolute atomic E-state index is 0.225. The molecule has 0 amide bonds. The molecule has 0 spiro atoms. The van der Waals surface area contributed by atoms with E-state index in [1.54, 1.807) is 12.1 Å². The third kappa shape index (κ3) is 4.09. The van der Waals surface area contributed by atoms with Gasteiger partial charge >= 0.3 is 0 Å². The molecule has 0 aliphatic rings. The highest BCUT2D eigenvalue weighted by atomic mass is 80.9. The molecule has 0 aliphatic heterocycles. The van der Waals surface area contributed by atoms with Crippen LogP contribution >= 0.6 is 76.0 Å². The summed E-state index contributed by atoms with van der Waals surface area (Å²) in [6, 6.07) is 3.56. The molecular weight excluding hydrogens is 488 g/mol. The van der Waals surface area contributed by atoms with E-state index in [1.165, 1.54) is 0 Å². The van der Waals surface area contributed by atoms with Crippen LogP contribution in [0.1, 0.15) is 0 Å². The summed E-state index contributed by atoms with van der Waals surface area (Å²) < 4.78 is 2.27. The van der Waals surface area contributed by atoms with Crippen LogP contribution in [0.25, 0.3) is 0 Å². The molecule has 1 nitrogen and oxygen atoms in total. The van der Waals surface area contributed by atoms with Gasteiger partial charge in [-0.15, -0.1) is 0 Å². The van der Waals surface area contributed by atoms with Crippen LogP contribution < -0.4 is 0 Å². The predicted molar refractivity (Wildman–Crippen MR) is 69.1 cm³/mol. The molecule has 68 valence electrons. The van der Waals surface area contributed by atoms with E-state index in [-0.39, 0.29) is 5.75 Å². The summed E-state index contributed by atoms with van der Waals surface area (Å²) in [4.78, 5) is 0. The minimum atomic E-state index is 0.225. The number of phenolic OH excluding ortho intramolecular Hbond substituents is 1. The molecule has 0 saturated carbocycles. The molecule has 0 saturated heterocycles. The fourth-order valence-electron chi connectivity index (χ4n) is 0.535. The van der Waals surface area contributed by atoms with Gasteiger partial charge in [0.2, 0.25) is 0 Å². The Morgan fingerprint density at radius 1 is 0.917 bits per heavy atom. The van der Waals surface area contributed by atoms with Crippen molar-refractivity contribution in [3.8, 4) is 5.75 Å². The van der Waals surface area contributed by atoms with Crippen LogP contribution in [0.3, 0.4) is 0 Å². The number of halogens is 5. The van der Waals surface area contributed by atoms with E-state index in [2.05, 4.69) is 76.0 Å². The van der Waals surface area contributed by atoms with Gasteiger partial charge in [0, 0.05) is 32.7 Å². The second kappa shape index (κ2) is 6.81. The van der Waals surface area contributed by atoms with Crippen molar-refractivity contribution in [1.82, 2.24) is 0 Å². The first-order valence-corrected chi connectivity index (χ1v) is 8.68. The Morgan fingerprint density at radius 2 is 1.25 bits per heavy atom. The smallest absolute Gasteiger partial charge is 0.144 e. The molecule has 1 N–H and O–H groups in total. The lowest BCUT2D eigenvalue weighted by molar-refractivity contribution is 0.468. The molecular formula is C6H3Br5O. The quantitative estimate of drug-likeness (QED) is 0.518. The summed E-state index contributed by atoms with van der Waals surface area (Å²) >= 11 is 15.1. The Bertz CT molecular complexity index is 239. The number of hydrogen-bond donors (Lipinski definition) is 1. The summed E-state index contributed by atoms with van der Waals surface area (Å²) in [7, 11) is 0. The van der Waals surface area contributed by atoms with Crippen LogP contribution in [0.15, 0.2) is 25.6 Å². The third-order valence-electron chi connectivity index (χ3n) is 0.982. The van der Waals surface area contributed by atoms with E-state index in [1.807, 2.05) is 0 Å². The van der Waals surface area contributed by atoms with Crippen LogP contribution in [0.2, 0.25) is 0 Å². The van der Waals surface area contributed by atoms with E-state index in [0.29, 0.717) is 8.95 Å². The maximum atomic E-state index is 9.22. The zero-order valence-electron chi connectivity index (χ0n) is 5.49. The summed E-state index contributed by atoms with van der Waals surface area (Å²) in [5, 5.41) is 9.22. The summed E-state index contributed by atoms with van der Waals surface area (Å²) in [6.07, 6.45) is 0. The van der Waals surface area contributed by atoms with Gasteiger partial charge in [-0.2, -0.15) is 0 Å². The number of rotatable bonds is 0. The number of benzene rings is 1. The monoisotopic (exact) mass is 486 g/mol. The molecule has 6 heteroatoms. The lowest BCUT2D eigenvalue weighted by Gasteiger charge is -1.99. The van der Waals surface area contributed by atoms with Gasteiger partial charge in [0.1, 0.15) is 5.75 Å². The Morgan fingerprint density at radius 3 is 1.58 bits per heavy atom. The van der Waals surface area contributed by atoms with E-state index >= 15 is 0 Å². The molecule has 1 aromatic carbocycles. The maximum absolute atomic E-state index is 9.22. The summed E-state index contributed by atoms with van der Waals surface area (Å²) in [5.41, 5.74) is 0. The highest BCUT2D eigenvalue weighted by Gasteiger charge is 2.02. The fourth-order valence-corrected chi connectivity index (χ4v) is 2.79. The molecule has 12 heavy (non-hydrogen) atoms. The number of aromatic hydroxyl groups is 1. The average Bonchev–Trinajstić information content (AvgIpc) is 2.04. The van der Waals surface area contributed by atoms with Crippen molar-refractivity contribution in [3.63, 3.8) is 0 Å². The molecule has 0 aromatic heterocycles. The van der Waals surface area contributed by atoms with Crippen LogP contribution in [-0.4, -0.2) is 5.11 Å². The van der Waals surface area contributed by atoms with E-state index < -0.39 is 0 Å². The van der Waals surface area contributed by atoms with Crippen molar-refractivity contribution in [1.29, 1.82) is 0 Å². The topological polar surface area (TPSA) is 20.2 Å². The largest absolute Gasteiger partial charge is 0.506 e. The minimum Gasteiger partial charge on any atom is -0.506 e. The first-order valence-electron chi connectivity index (χ1n) is 2.59. The Balaban J connectivity index is 0.000000561. The predicted octanol–water partition coefficient (Wildman–Crippen LogP) is 5.37. The molecule has 0 fully saturated rings. The van der Waals surface area contributed by atoms with Crippen LogP contribution in [-0.2, 0) is 0 Å². The van der Waals surface area contributed by atoms with Gasteiger partial charge in [0.05, 0.1) is 8.95 Å². The molecule has 0 bridgehead atoms. The zero-order chi connectivity index (χ0) is 9.72. The number of hydrogen-bond acceptors (Lipinski definition) is 1. The van der Waals surface area contributed by atoms with Crippen molar-refractivity contribution in [2.24, 2.45) is 0 Å². The molecule has 1 rings (SSSR count). The van der Waals surface area contributed by atoms with Crippen molar-refractivity contribution < 1.29 is 5.11 Å². The van der Waals surface area contributed by atoms with Gasteiger partial charge in [-0.3, -0.25) is 0 Å². The van der Waals surface area contributed by atoms with Crippen molar-refractivity contribution >= 4 is 76.0 Å². The van der Waals surface area contributed by atoms with Gasteiger partial charge in [-0.05, 0) is 44.0 Å². The first kappa shape index (κ1) is 13.4. The highest BCUT2D eigenvalue weighted by molar-refractivity contribution is 9.93. The molecule has 0 atom stereocenters. The van der Waals surface area contributed by atoms with Crippen LogP contribution in [0, 0.1) is 0 Å². The Kier molecular flexibility index (Phi) is 7.62. The third-order valence-corrected chi connectivity index (χ3v) is 2.65. The summed E-state index contributed by atoms with van der Waals surface area (Å²) in [5.74, 6) is 0.225. The normalized spacial score (nSPS) is 8.75. The van der Waals surface area contributed by atoms with E-state index in [4.69, 9.17) is 0 Å². The second-order valence-electron chi connectivity index (χ2n) is 1.72. The van der Waals surface area contributed by atoms with Crippen molar-refractivity contribution in [3.05, 3.63) is 25.6 Å². The van der Waals surface area contributed by atoms with Crippen LogP contribution in [0.4, 0.5) is 0 Å². The van der Waals surface area contributed by atoms with Gasteiger partial charge in [0.15, 0.2) is 0 Å². The highest BCUT2D eigenvalue weighted by Crippen LogP contribution is 2.34. The Hall–Kier alpha value is 1.42. The van der Waals surface area contributed by atoms with Crippen molar-refractivity contribution in [2.75, 3.05) is 0 Å². The van der Waals surface area contributed by atoms with Crippen molar-refractivity contribution in [2.45, 2.75) is 0 Å².